The van der Waals surface area contributed by atoms with Crippen LogP contribution in [0.15, 0.2) is 108 Å². The molecule has 0 saturated carbocycles. The number of carbonyl (C=O) groups excluding carboxylic acids is 2. The van der Waals surface area contributed by atoms with E-state index in [1.54, 1.807) is 24.3 Å². The number of halogens is 1. The van der Waals surface area contributed by atoms with Crippen LogP contribution in [0.1, 0.15) is 36.5 Å². The second-order valence-corrected chi connectivity index (χ2v) is 13.3. The van der Waals surface area contributed by atoms with Gasteiger partial charge in [0.2, 0.25) is 11.8 Å². The lowest BCUT2D eigenvalue weighted by molar-refractivity contribution is -0.140. The van der Waals surface area contributed by atoms with Crippen LogP contribution in [0, 0.1) is 6.92 Å². The fourth-order valence-corrected chi connectivity index (χ4v) is 6.63. The van der Waals surface area contributed by atoms with Gasteiger partial charge >= 0.3 is 0 Å². The maximum atomic E-state index is 14.6. The SMILES string of the molecule is CCCCNC(=O)C(Cc1ccccc1)N(Cc1ccccc1)C(=O)CN(c1cc(Cl)ccc1OC)S(=O)(=O)c1ccc(C)cc1. The van der Waals surface area contributed by atoms with Gasteiger partial charge in [-0.1, -0.05) is 103 Å². The highest BCUT2D eigenvalue weighted by molar-refractivity contribution is 7.92. The quantitative estimate of drug-likeness (QED) is 0.149. The molecule has 0 bridgehead atoms. The first kappa shape index (κ1) is 34.5. The number of aryl methyl sites for hydroxylation is 1. The fourth-order valence-electron chi connectivity index (χ4n) is 5.05. The van der Waals surface area contributed by atoms with E-state index in [1.807, 2.05) is 74.5 Å². The van der Waals surface area contributed by atoms with Crippen LogP contribution in [0.2, 0.25) is 5.02 Å². The van der Waals surface area contributed by atoms with Crippen LogP contribution in [0.4, 0.5) is 5.69 Å². The normalized spacial score (nSPS) is 11.8. The molecule has 4 aromatic rings. The maximum Gasteiger partial charge on any atom is 0.264 e. The first-order chi connectivity index (χ1) is 22.1. The predicted molar refractivity (Wildman–Crippen MR) is 183 cm³/mol. The van der Waals surface area contributed by atoms with Crippen molar-refractivity contribution in [1.29, 1.82) is 0 Å². The van der Waals surface area contributed by atoms with Crippen LogP contribution in [0.5, 0.6) is 5.75 Å². The highest BCUT2D eigenvalue weighted by Gasteiger charge is 2.35. The number of carbonyl (C=O) groups is 2. The van der Waals surface area contributed by atoms with E-state index >= 15 is 0 Å². The molecule has 46 heavy (non-hydrogen) atoms. The molecular weight excluding hydrogens is 622 g/mol. The molecule has 242 valence electrons. The van der Waals surface area contributed by atoms with Crippen molar-refractivity contribution >= 4 is 39.1 Å². The number of rotatable bonds is 15. The number of anilines is 1. The highest BCUT2D eigenvalue weighted by Crippen LogP contribution is 2.35. The molecule has 0 aliphatic carbocycles. The molecule has 1 unspecified atom stereocenters. The Kier molecular flexibility index (Phi) is 12.2. The summed E-state index contributed by atoms with van der Waals surface area (Å²) < 4.78 is 35.1. The molecule has 4 aromatic carbocycles. The lowest BCUT2D eigenvalue weighted by Gasteiger charge is -2.34. The average molecular weight is 662 g/mol. The molecule has 0 heterocycles. The second kappa shape index (κ2) is 16.3. The minimum Gasteiger partial charge on any atom is -0.495 e. The van der Waals surface area contributed by atoms with Gasteiger partial charge in [0.25, 0.3) is 10.0 Å². The zero-order valence-corrected chi connectivity index (χ0v) is 27.9. The lowest BCUT2D eigenvalue weighted by atomic mass is 10.0. The Labute approximate surface area is 277 Å². The fraction of sp³-hybridized carbons (Fsp3) is 0.278. The third-order valence-corrected chi connectivity index (χ3v) is 9.60. The summed E-state index contributed by atoms with van der Waals surface area (Å²) in [6, 6.07) is 28.9. The van der Waals surface area contributed by atoms with Crippen molar-refractivity contribution in [3.8, 4) is 5.75 Å². The van der Waals surface area contributed by atoms with Crippen molar-refractivity contribution < 1.29 is 22.7 Å². The van der Waals surface area contributed by atoms with E-state index in [2.05, 4.69) is 5.32 Å². The molecule has 0 spiro atoms. The molecule has 0 aromatic heterocycles. The van der Waals surface area contributed by atoms with E-state index in [1.165, 1.54) is 30.2 Å². The Balaban J connectivity index is 1.82. The Morgan fingerprint density at radius 1 is 0.891 bits per heavy atom. The van der Waals surface area contributed by atoms with Crippen molar-refractivity contribution in [1.82, 2.24) is 10.2 Å². The molecule has 1 N–H and O–H groups in total. The molecule has 8 nitrogen and oxygen atoms in total. The van der Waals surface area contributed by atoms with Crippen molar-refractivity contribution in [2.45, 2.75) is 50.6 Å². The second-order valence-electron chi connectivity index (χ2n) is 11.0. The number of hydrogen-bond acceptors (Lipinski definition) is 5. The molecule has 0 aliphatic rings. The van der Waals surface area contributed by atoms with Crippen LogP contribution in [0.3, 0.4) is 0 Å². The van der Waals surface area contributed by atoms with E-state index < -0.39 is 28.5 Å². The molecule has 1 atom stereocenters. The van der Waals surface area contributed by atoms with Gasteiger partial charge in [-0.3, -0.25) is 13.9 Å². The molecule has 0 fully saturated rings. The number of nitrogens with one attached hydrogen (secondary N) is 1. The Bertz CT molecular complexity index is 1700. The van der Waals surface area contributed by atoms with Gasteiger partial charge in [0.15, 0.2) is 0 Å². The lowest BCUT2D eigenvalue weighted by Crippen LogP contribution is -2.53. The largest absolute Gasteiger partial charge is 0.495 e. The molecule has 4 rings (SSSR count). The third kappa shape index (κ3) is 8.89. The van der Waals surface area contributed by atoms with Gasteiger partial charge in [-0.2, -0.15) is 0 Å². The molecule has 0 aliphatic heterocycles. The van der Waals surface area contributed by atoms with Gasteiger partial charge in [-0.25, -0.2) is 8.42 Å². The summed E-state index contributed by atoms with van der Waals surface area (Å²) in [7, 11) is -2.88. The average Bonchev–Trinajstić information content (AvgIpc) is 3.06. The topological polar surface area (TPSA) is 96.0 Å². The van der Waals surface area contributed by atoms with Crippen LogP contribution >= 0.6 is 11.6 Å². The van der Waals surface area contributed by atoms with E-state index in [0.29, 0.717) is 6.54 Å². The van der Waals surface area contributed by atoms with Crippen molar-refractivity contribution in [3.05, 3.63) is 125 Å². The number of sulfonamides is 1. The zero-order valence-electron chi connectivity index (χ0n) is 26.4. The summed E-state index contributed by atoms with van der Waals surface area (Å²) in [5.74, 6) is -0.649. The first-order valence-corrected chi connectivity index (χ1v) is 17.0. The highest BCUT2D eigenvalue weighted by atomic mass is 35.5. The van der Waals surface area contributed by atoms with E-state index in [4.69, 9.17) is 16.3 Å². The van der Waals surface area contributed by atoms with Crippen LogP contribution in [0.25, 0.3) is 0 Å². The van der Waals surface area contributed by atoms with Crippen LogP contribution in [-0.2, 0) is 32.6 Å². The standard InChI is InChI=1S/C36H40ClN3O5S/c1-4-5-22-38-36(42)33(23-28-12-8-6-9-13-28)39(25-29-14-10-7-11-15-29)35(41)26-40(32-24-30(37)18-21-34(32)45-3)46(43,44)31-19-16-27(2)17-20-31/h6-21,24,33H,4-5,22-23,25-26H2,1-3H3,(H,38,42). The minimum atomic E-state index is -4.30. The summed E-state index contributed by atoms with van der Waals surface area (Å²) >= 11 is 6.36. The van der Waals surface area contributed by atoms with Crippen LogP contribution in [-0.4, -0.2) is 51.4 Å². The number of benzene rings is 4. The number of nitrogens with zero attached hydrogens (tertiary/aromatic N) is 2. The van der Waals surface area contributed by atoms with Crippen molar-refractivity contribution in [2.24, 2.45) is 0 Å². The predicted octanol–water partition coefficient (Wildman–Crippen LogP) is 6.41. The Morgan fingerprint density at radius 2 is 1.52 bits per heavy atom. The third-order valence-electron chi connectivity index (χ3n) is 7.59. The summed E-state index contributed by atoms with van der Waals surface area (Å²) in [6.45, 7) is 3.84. The molecule has 0 saturated heterocycles. The van der Waals surface area contributed by atoms with Gasteiger partial charge in [0.05, 0.1) is 17.7 Å². The van der Waals surface area contributed by atoms with E-state index in [9.17, 15) is 18.0 Å². The molecular formula is C36H40ClN3O5S. The van der Waals surface area contributed by atoms with Gasteiger partial charge in [-0.15, -0.1) is 0 Å². The summed E-state index contributed by atoms with van der Waals surface area (Å²) in [6.07, 6.45) is 1.92. The van der Waals surface area contributed by atoms with Crippen LogP contribution < -0.4 is 14.4 Å². The summed E-state index contributed by atoms with van der Waals surface area (Å²) in [4.78, 5) is 29.9. The number of unbranched alkanes of at least 4 members (excludes halogenated alkanes) is 1. The van der Waals surface area contributed by atoms with Crippen molar-refractivity contribution in [2.75, 3.05) is 24.5 Å². The van der Waals surface area contributed by atoms with E-state index in [-0.39, 0.29) is 40.2 Å². The minimum absolute atomic E-state index is 0.000632. The summed E-state index contributed by atoms with van der Waals surface area (Å²) in [5, 5.41) is 3.26. The number of ether oxygens (including phenoxy) is 1. The van der Waals surface area contributed by atoms with Gasteiger partial charge < -0.3 is 15.0 Å². The Hall–Kier alpha value is -4.34. The monoisotopic (exact) mass is 661 g/mol. The maximum absolute atomic E-state index is 14.6. The van der Waals surface area contributed by atoms with Gasteiger partial charge in [0.1, 0.15) is 18.3 Å². The number of amides is 2. The van der Waals surface area contributed by atoms with E-state index in [0.717, 1.165) is 33.8 Å². The molecule has 0 radical (unpaired) electrons. The summed E-state index contributed by atoms with van der Waals surface area (Å²) in [5.41, 5.74) is 2.65. The zero-order chi connectivity index (χ0) is 33.1. The first-order valence-electron chi connectivity index (χ1n) is 15.2. The van der Waals surface area contributed by atoms with Gasteiger partial charge in [0, 0.05) is 24.5 Å². The number of methoxy groups -OCH3 is 1. The smallest absolute Gasteiger partial charge is 0.264 e. The Morgan fingerprint density at radius 3 is 2.13 bits per heavy atom. The molecule has 10 heteroatoms. The van der Waals surface area contributed by atoms with Crippen molar-refractivity contribution in [3.63, 3.8) is 0 Å². The number of hydrogen-bond donors (Lipinski definition) is 1. The molecule has 2 amide bonds. The van der Waals surface area contributed by atoms with Gasteiger partial charge in [-0.05, 0) is 54.8 Å².